The third-order valence-electron chi connectivity index (χ3n) is 5.88. The van der Waals surface area contributed by atoms with Gasteiger partial charge in [0.05, 0.1) is 5.69 Å². The van der Waals surface area contributed by atoms with Crippen LogP contribution in [0.1, 0.15) is 29.1 Å². The van der Waals surface area contributed by atoms with Crippen LogP contribution < -0.4 is 5.32 Å². The monoisotopic (exact) mass is 502 g/mol. The molecular weight excluding hydrogens is 481 g/mol. The number of hydrogen-bond acceptors (Lipinski definition) is 5. The Bertz CT molecular complexity index is 1480. The summed E-state index contributed by atoms with van der Waals surface area (Å²) in [6.07, 6.45) is -1.14. The molecule has 3 heterocycles. The minimum atomic E-state index is -4.65. The van der Waals surface area contributed by atoms with E-state index in [0.717, 1.165) is 21.9 Å². The van der Waals surface area contributed by atoms with Gasteiger partial charge in [0.2, 0.25) is 0 Å². The summed E-state index contributed by atoms with van der Waals surface area (Å²) in [6.45, 7) is 1.69. The number of pyridine rings is 1. The van der Waals surface area contributed by atoms with Crippen LogP contribution in [0.2, 0.25) is 0 Å². The van der Waals surface area contributed by atoms with Crippen molar-refractivity contribution in [2.24, 2.45) is 16.1 Å². The minimum absolute atomic E-state index is 0.129. The number of benzene rings is 2. The third-order valence-corrected chi connectivity index (χ3v) is 5.88. The van der Waals surface area contributed by atoms with E-state index in [0.29, 0.717) is 11.1 Å². The number of halogens is 3. The topological polar surface area (TPSA) is 84.5 Å². The standard InChI is InChI=1S/C27H21F3N6O/c1-17-13-24(32-26(37)20-10-5-9-19(14-20)18-7-3-2-4-8-18)33-34-25(17)36-23(27(28,29)30)15-22(35-36)21-11-6-12-31-16-21/h2-17,25H,1H3,(H,32,37). The highest BCUT2D eigenvalue weighted by Gasteiger charge is 2.39. The summed E-state index contributed by atoms with van der Waals surface area (Å²) in [6, 6.07) is 21.0. The predicted octanol–water partition coefficient (Wildman–Crippen LogP) is 6.50. The lowest BCUT2D eigenvalue weighted by atomic mass is 10.0. The molecule has 2 aromatic heterocycles. The van der Waals surface area contributed by atoms with Gasteiger partial charge in [-0.3, -0.25) is 9.78 Å². The fourth-order valence-corrected chi connectivity index (χ4v) is 4.06. The molecule has 0 aliphatic carbocycles. The summed E-state index contributed by atoms with van der Waals surface area (Å²) in [7, 11) is 0. The summed E-state index contributed by atoms with van der Waals surface area (Å²) in [5.41, 5.74) is 1.90. The van der Waals surface area contributed by atoms with Crippen molar-refractivity contribution in [2.45, 2.75) is 19.3 Å². The molecule has 1 aliphatic heterocycles. The van der Waals surface area contributed by atoms with Crippen LogP contribution in [0.5, 0.6) is 0 Å². The first-order chi connectivity index (χ1) is 17.8. The van der Waals surface area contributed by atoms with Crippen molar-refractivity contribution < 1.29 is 18.0 Å². The Morgan fingerprint density at radius 1 is 0.946 bits per heavy atom. The smallest absolute Gasteiger partial charge is 0.305 e. The molecule has 5 rings (SSSR count). The summed E-state index contributed by atoms with van der Waals surface area (Å²) in [5.74, 6) is -0.777. The third kappa shape index (κ3) is 5.18. The van der Waals surface area contributed by atoms with Crippen molar-refractivity contribution in [3.05, 3.63) is 108 Å². The van der Waals surface area contributed by atoms with E-state index in [1.807, 2.05) is 36.4 Å². The van der Waals surface area contributed by atoms with Crippen molar-refractivity contribution in [1.82, 2.24) is 20.1 Å². The van der Waals surface area contributed by atoms with E-state index in [4.69, 9.17) is 0 Å². The largest absolute Gasteiger partial charge is 0.433 e. The molecule has 0 spiro atoms. The summed E-state index contributed by atoms with van der Waals surface area (Å²) in [5, 5.41) is 15.0. The van der Waals surface area contributed by atoms with Crippen LogP contribution in [0.3, 0.4) is 0 Å². The summed E-state index contributed by atoms with van der Waals surface area (Å²) < 4.78 is 42.3. The van der Waals surface area contributed by atoms with Gasteiger partial charge >= 0.3 is 6.18 Å². The molecule has 10 heteroatoms. The van der Waals surface area contributed by atoms with Crippen molar-refractivity contribution in [3.63, 3.8) is 0 Å². The first kappa shape index (κ1) is 24.1. The lowest BCUT2D eigenvalue weighted by molar-refractivity contribution is -0.145. The Balaban J connectivity index is 1.36. The van der Waals surface area contributed by atoms with Crippen LogP contribution in [0, 0.1) is 5.92 Å². The number of azo groups is 1. The normalized spacial score (nSPS) is 17.4. The molecule has 7 nitrogen and oxygen atoms in total. The molecule has 1 N–H and O–H groups in total. The van der Waals surface area contributed by atoms with Crippen LogP contribution >= 0.6 is 0 Å². The van der Waals surface area contributed by atoms with Gasteiger partial charge in [-0.25, -0.2) is 4.68 Å². The van der Waals surface area contributed by atoms with Gasteiger partial charge in [0.25, 0.3) is 5.91 Å². The van der Waals surface area contributed by atoms with Gasteiger partial charge in [-0.2, -0.15) is 23.4 Å². The lowest BCUT2D eigenvalue weighted by Crippen LogP contribution is -2.27. The number of carbonyl (C=O) groups excluding carboxylic acids is 1. The average molecular weight is 503 g/mol. The van der Waals surface area contributed by atoms with Gasteiger partial charge < -0.3 is 5.32 Å². The second-order valence-corrected chi connectivity index (χ2v) is 8.54. The van der Waals surface area contributed by atoms with Crippen LogP contribution in [-0.2, 0) is 6.18 Å². The molecule has 37 heavy (non-hydrogen) atoms. The zero-order chi connectivity index (χ0) is 26.0. The van der Waals surface area contributed by atoms with Gasteiger partial charge in [-0.1, -0.05) is 49.4 Å². The van der Waals surface area contributed by atoms with E-state index in [-0.39, 0.29) is 11.5 Å². The van der Waals surface area contributed by atoms with E-state index < -0.39 is 29.9 Å². The van der Waals surface area contributed by atoms with E-state index in [1.54, 1.807) is 43.3 Å². The molecule has 0 radical (unpaired) electrons. The molecule has 0 bridgehead atoms. The molecular formula is C27H21F3N6O. The Labute approximate surface area is 210 Å². The molecule has 4 aromatic rings. The van der Waals surface area contributed by atoms with Crippen LogP contribution in [0.15, 0.2) is 107 Å². The number of amides is 1. The maximum absolute atomic E-state index is 13.8. The molecule has 2 aromatic carbocycles. The van der Waals surface area contributed by atoms with Gasteiger partial charge in [-0.05, 0) is 47.5 Å². The van der Waals surface area contributed by atoms with E-state index in [1.165, 1.54) is 12.4 Å². The number of aromatic nitrogens is 3. The van der Waals surface area contributed by atoms with Gasteiger partial charge in [0.1, 0.15) is 5.69 Å². The summed E-state index contributed by atoms with van der Waals surface area (Å²) in [4.78, 5) is 16.8. The Hall–Kier alpha value is -4.60. The summed E-state index contributed by atoms with van der Waals surface area (Å²) >= 11 is 0. The van der Waals surface area contributed by atoms with E-state index >= 15 is 0 Å². The maximum Gasteiger partial charge on any atom is 0.433 e. The average Bonchev–Trinajstić information content (AvgIpc) is 3.36. The lowest BCUT2D eigenvalue weighted by Gasteiger charge is -2.23. The Morgan fingerprint density at radius 3 is 2.41 bits per heavy atom. The zero-order valence-corrected chi connectivity index (χ0v) is 19.6. The van der Waals surface area contributed by atoms with Gasteiger partial charge in [0.15, 0.2) is 12.0 Å². The molecule has 0 saturated heterocycles. The van der Waals surface area contributed by atoms with Crippen LogP contribution in [0.4, 0.5) is 13.2 Å². The first-order valence-corrected chi connectivity index (χ1v) is 11.5. The second kappa shape index (κ2) is 9.81. The second-order valence-electron chi connectivity index (χ2n) is 8.54. The van der Waals surface area contributed by atoms with Gasteiger partial charge in [-0.15, -0.1) is 5.11 Å². The molecule has 2 atom stereocenters. The Morgan fingerprint density at radius 2 is 1.70 bits per heavy atom. The van der Waals surface area contributed by atoms with Crippen molar-refractivity contribution in [1.29, 1.82) is 0 Å². The SMILES string of the molecule is CC1C=C(NC(=O)c2cccc(-c3ccccc3)c2)N=NC1n1nc(-c2cccnc2)cc1C(F)(F)F. The van der Waals surface area contributed by atoms with Crippen molar-refractivity contribution in [3.8, 4) is 22.4 Å². The Kier molecular flexibility index (Phi) is 6.39. The number of alkyl halides is 3. The fourth-order valence-electron chi connectivity index (χ4n) is 4.06. The van der Waals surface area contributed by atoms with E-state index in [9.17, 15) is 18.0 Å². The predicted molar refractivity (Wildman–Crippen MR) is 131 cm³/mol. The molecule has 0 saturated carbocycles. The number of carbonyl (C=O) groups is 1. The number of nitrogens with one attached hydrogen (secondary N) is 1. The van der Waals surface area contributed by atoms with Gasteiger partial charge in [0, 0.05) is 29.4 Å². The highest BCUT2D eigenvalue weighted by atomic mass is 19.4. The first-order valence-electron chi connectivity index (χ1n) is 11.5. The zero-order valence-electron chi connectivity index (χ0n) is 19.6. The highest BCUT2D eigenvalue weighted by Crippen LogP contribution is 2.37. The highest BCUT2D eigenvalue weighted by molar-refractivity contribution is 5.96. The molecule has 1 amide bonds. The molecule has 0 fully saturated rings. The minimum Gasteiger partial charge on any atom is -0.305 e. The molecule has 2 unspecified atom stereocenters. The van der Waals surface area contributed by atoms with Crippen LogP contribution in [0.25, 0.3) is 22.4 Å². The van der Waals surface area contributed by atoms with Crippen molar-refractivity contribution in [2.75, 3.05) is 0 Å². The number of hydrogen-bond donors (Lipinski definition) is 1. The van der Waals surface area contributed by atoms with Crippen molar-refractivity contribution >= 4 is 5.91 Å². The van der Waals surface area contributed by atoms with Crippen LogP contribution in [-0.4, -0.2) is 20.7 Å². The fraction of sp³-hybridized carbons (Fsp3) is 0.148. The number of rotatable bonds is 5. The quantitative estimate of drug-likeness (QED) is 0.338. The molecule has 1 aliphatic rings. The number of nitrogens with zero attached hydrogens (tertiary/aromatic N) is 5. The van der Waals surface area contributed by atoms with E-state index in [2.05, 4.69) is 25.6 Å². The molecule has 186 valence electrons. The maximum atomic E-state index is 13.8.